The average Bonchev–Trinajstić information content (AvgIpc) is 3.16. The Kier molecular flexibility index (Phi) is 7.41. The minimum atomic E-state index is -0.704. The third-order valence-corrected chi connectivity index (χ3v) is 7.80. The standard InChI is InChI=1S/C29H35N5O3/c30-27-13-25(32-26(18-35)21-9-5-2-6-10-21)24(16-31-27)28(37)33-29(19-36)14-22-11-12-23(15-29)34(22)17-20-7-3-1-4-8-20/h1-10,13,16,22-23,26,35-36H,11-12,14-15,17-19H2,(H,33,37)(H3,30,31,32). The molecule has 3 atom stereocenters. The maximum absolute atomic E-state index is 13.6. The average molecular weight is 502 g/mol. The van der Waals surface area contributed by atoms with E-state index in [9.17, 15) is 15.0 Å². The largest absolute Gasteiger partial charge is 0.394 e. The molecule has 0 saturated carbocycles. The highest BCUT2D eigenvalue weighted by Gasteiger charge is 2.48. The summed E-state index contributed by atoms with van der Waals surface area (Å²) in [6.45, 7) is 0.595. The van der Waals surface area contributed by atoms with Crippen LogP contribution in [-0.2, 0) is 6.54 Å². The van der Waals surface area contributed by atoms with Crippen molar-refractivity contribution < 1.29 is 15.0 Å². The van der Waals surface area contributed by atoms with E-state index in [-0.39, 0.29) is 24.9 Å². The van der Waals surface area contributed by atoms with Crippen molar-refractivity contribution in [1.29, 1.82) is 0 Å². The zero-order chi connectivity index (χ0) is 25.8. The van der Waals surface area contributed by atoms with Gasteiger partial charge in [0.1, 0.15) is 5.82 Å². The van der Waals surface area contributed by atoms with E-state index in [1.807, 2.05) is 36.4 Å². The number of rotatable bonds is 9. The first-order chi connectivity index (χ1) is 18.0. The zero-order valence-electron chi connectivity index (χ0n) is 20.9. The predicted molar refractivity (Wildman–Crippen MR) is 144 cm³/mol. The second-order valence-corrected chi connectivity index (χ2v) is 10.3. The molecule has 3 heterocycles. The van der Waals surface area contributed by atoms with Crippen molar-refractivity contribution in [3.05, 3.63) is 89.6 Å². The fourth-order valence-electron chi connectivity index (χ4n) is 5.95. The van der Waals surface area contributed by atoms with Crippen molar-refractivity contribution >= 4 is 17.4 Å². The molecule has 3 aromatic rings. The van der Waals surface area contributed by atoms with Crippen LogP contribution in [0.25, 0.3) is 0 Å². The van der Waals surface area contributed by atoms with E-state index < -0.39 is 11.6 Å². The molecule has 8 heteroatoms. The number of nitrogens with one attached hydrogen (secondary N) is 2. The Bertz CT molecular complexity index is 1190. The molecule has 194 valence electrons. The van der Waals surface area contributed by atoms with Crippen molar-refractivity contribution in [2.45, 2.75) is 55.9 Å². The van der Waals surface area contributed by atoms with Crippen LogP contribution < -0.4 is 16.4 Å². The van der Waals surface area contributed by atoms with Gasteiger partial charge in [-0.1, -0.05) is 60.7 Å². The predicted octanol–water partition coefficient (Wildman–Crippen LogP) is 3.10. The molecular weight excluding hydrogens is 466 g/mol. The van der Waals surface area contributed by atoms with Gasteiger partial charge < -0.3 is 26.6 Å². The van der Waals surface area contributed by atoms with Gasteiger partial charge in [-0.25, -0.2) is 4.98 Å². The number of hydrogen-bond donors (Lipinski definition) is 5. The molecule has 37 heavy (non-hydrogen) atoms. The van der Waals surface area contributed by atoms with Gasteiger partial charge in [-0.15, -0.1) is 0 Å². The Labute approximate surface area is 217 Å². The normalized spacial score (nSPS) is 23.9. The molecule has 2 fully saturated rings. The highest BCUT2D eigenvalue weighted by molar-refractivity contribution is 6.00. The van der Waals surface area contributed by atoms with E-state index in [2.05, 4.69) is 44.8 Å². The van der Waals surface area contributed by atoms with Gasteiger partial charge in [0.2, 0.25) is 0 Å². The zero-order valence-corrected chi connectivity index (χ0v) is 20.9. The molecule has 1 aromatic heterocycles. The molecule has 0 aliphatic carbocycles. The lowest BCUT2D eigenvalue weighted by molar-refractivity contribution is 0.0273. The van der Waals surface area contributed by atoms with Crippen LogP contribution in [0.5, 0.6) is 0 Å². The number of anilines is 2. The molecule has 5 rings (SSSR count). The quantitative estimate of drug-likeness (QED) is 0.305. The first-order valence-electron chi connectivity index (χ1n) is 12.9. The molecule has 1 amide bonds. The highest BCUT2D eigenvalue weighted by atomic mass is 16.3. The molecule has 2 aliphatic rings. The highest BCUT2D eigenvalue weighted by Crippen LogP contribution is 2.42. The Balaban J connectivity index is 1.33. The Hall–Kier alpha value is -3.46. The first-order valence-corrected chi connectivity index (χ1v) is 12.9. The number of piperidine rings is 1. The van der Waals surface area contributed by atoms with Gasteiger partial charge in [0, 0.05) is 30.9 Å². The molecule has 2 saturated heterocycles. The molecule has 6 N–H and O–H groups in total. The topological polar surface area (TPSA) is 124 Å². The summed E-state index contributed by atoms with van der Waals surface area (Å²) in [6.07, 6.45) is 4.94. The number of fused-ring (bicyclic) bond motifs is 2. The summed E-state index contributed by atoms with van der Waals surface area (Å²) in [5.74, 6) is -0.0438. The van der Waals surface area contributed by atoms with Crippen LogP contribution in [0.3, 0.4) is 0 Å². The van der Waals surface area contributed by atoms with E-state index in [0.717, 1.165) is 24.9 Å². The van der Waals surface area contributed by atoms with Gasteiger partial charge in [0.05, 0.1) is 36.0 Å². The number of aliphatic hydroxyl groups is 2. The van der Waals surface area contributed by atoms with E-state index in [4.69, 9.17) is 5.73 Å². The monoisotopic (exact) mass is 501 g/mol. The summed E-state index contributed by atoms with van der Waals surface area (Å²) >= 11 is 0. The van der Waals surface area contributed by atoms with Crippen molar-refractivity contribution in [2.75, 3.05) is 24.3 Å². The Morgan fingerprint density at radius 2 is 1.70 bits per heavy atom. The number of aliphatic hydroxyl groups excluding tert-OH is 2. The summed E-state index contributed by atoms with van der Waals surface area (Å²) in [4.78, 5) is 20.3. The lowest BCUT2D eigenvalue weighted by atomic mass is 9.82. The number of hydrogen-bond acceptors (Lipinski definition) is 7. The van der Waals surface area contributed by atoms with Gasteiger partial charge in [-0.2, -0.15) is 0 Å². The fourth-order valence-corrected chi connectivity index (χ4v) is 5.95. The second kappa shape index (κ2) is 10.9. The van der Waals surface area contributed by atoms with Crippen LogP contribution in [0.1, 0.15) is 53.2 Å². The fraction of sp³-hybridized carbons (Fsp3) is 0.379. The summed E-state index contributed by atoms with van der Waals surface area (Å²) < 4.78 is 0. The van der Waals surface area contributed by atoms with Crippen LogP contribution in [0.2, 0.25) is 0 Å². The minimum absolute atomic E-state index is 0.126. The number of pyridine rings is 1. The number of benzene rings is 2. The van der Waals surface area contributed by atoms with E-state index in [1.165, 1.54) is 11.8 Å². The lowest BCUT2D eigenvalue weighted by Crippen LogP contribution is -2.60. The van der Waals surface area contributed by atoms with Crippen LogP contribution in [0.4, 0.5) is 11.5 Å². The Morgan fingerprint density at radius 1 is 1.05 bits per heavy atom. The van der Waals surface area contributed by atoms with Crippen LogP contribution in [0.15, 0.2) is 72.9 Å². The molecule has 2 bridgehead atoms. The van der Waals surface area contributed by atoms with Gasteiger partial charge in [-0.3, -0.25) is 9.69 Å². The van der Waals surface area contributed by atoms with Crippen LogP contribution in [-0.4, -0.2) is 56.8 Å². The van der Waals surface area contributed by atoms with E-state index in [1.54, 1.807) is 6.07 Å². The third kappa shape index (κ3) is 5.46. The van der Waals surface area contributed by atoms with Crippen molar-refractivity contribution in [3.63, 3.8) is 0 Å². The molecule has 2 aromatic carbocycles. The first kappa shape index (κ1) is 25.2. The molecule has 0 radical (unpaired) electrons. The number of nitrogen functional groups attached to an aromatic ring is 1. The maximum Gasteiger partial charge on any atom is 0.255 e. The smallest absolute Gasteiger partial charge is 0.255 e. The van der Waals surface area contributed by atoms with Gasteiger partial charge in [0.25, 0.3) is 5.91 Å². The van der Waals surface area contributed by atoms with Crippen molar-refractivity contribution in [3.8, 4) is 0 Å². The Morgan fingerprint density at radius 3 is 2.32 bits per heavy atom. The number of carbonyl (C=O) groups excluding carboxylic acids is 1. The molecule has 2 aliphatic heterocycles. The summed E-state index contributed by atoms with van der Waals surface area (Å²) in [7, 11) is 0. The van der Waals surface area contributed by atoms with E-state index in [0.29, 0.717) is 36.2 Å². The van der Waals surface area contributed by atoms with Gasteiger partial charge in [-0.05, 0) is 36.8 Å². The summed E-state index contributed by atoms with van der Waals surface area (Å²) in [6, 6.07) is 21.8. The van der Waals surface area contributed by atoms with E-state index >= 15 is 0 Å². The van der Waals surface area contributed by atoms with Gasteiger partial charge >= 0.3 is 0 Å². The lowest BCUT2D eigenvalue weighted by Gasteiger charge is -2.46. The maximum atomic E-state index is 13.6. The molecule has 8 nitrogen and oxygen atoms in total. The third-order valence-electron chi connectivity index (χ3n) is 7.80. The van der Waals surface area contributed by atoms with Crippen LogP contribution >= 0.6 is 0 Å². The summed E-state index contributed by atoms with van der Waals surface area (Å²) in [5.41, 5.74) is 8.24. The SMILES string of the molecule is Nc1cc(NC(CO)c2ccccc2)c(C(=O)NC2(CO)CC3CCC(C2)N3Cc2ccccc2)cn1. The minimum Gasteiger partial charge on any atom is -0.394 e. The molecular formula is C29H35N5O3. The number of carbonyl (C=O) groups is 1. The van der Waals surface area contributed by atoms with Crippen molar-refractivity contribution in [1.82, 2.24) is 15.2 Å². The second-order valence-electron chi connectivity index (χ2n) is 10.3. The number of nitrogens with two attached hydrogens (primary N) is 1. The van der Waals surface area contributed by atoms with Crippen molar-refractivity contribution in [2.24, 2.45) is 0 Å². The van der Waals surface area contributed by atoms with Gasteiger partial charge in [0.15, 0.2) is 0 Å². The number of aromatic nitrogens is 1. The van der Waals surface area contributed by atoms with Crippen LogP contribution in [0, 0.1) is 0 Å². The number of nitrogens with zero attached hydrogens (tertiary/aromatic N) is 2. The number of amides is 1. The summed E-state index contributed by atoms with van der Waals surface area (Å²) in [5, 5.41) is 27.0. The molecule has 3 unspecified atom stereocenters. The molecule has 0 spiro atoms.